The lowest BCUT2D eigenvalue weighted by Crippen LogP contribution is -2.28. The van der Waals surface area contributed by atoms with Gasteiger partial charge in [-0.15, -0.1) is 0 Å². The fraction of sp³-hybridized carbons (Fsp3) is 0.263. The van der Waals surface area contributed by atoms with Gasteiger partial charge in [0.05, 0.1) is 13.0 Å². The molecule has 0 saturated heterocycles. The summed E-state index contributed by atoms with van der Waals surface area (Å²) in [5.74, 6) is -0.177. The first-order chi connectivity index (χ1) is 12.0. The lowest BCUT2D eigenvalue weighted by molar-refractivity contribution is -0.149. The number of halogens is 1. The van der Waals surface area contributed by atoms with Crippen molar-refractivity contribution in [2.24, 2.45) is 0 Å². The molecule has 0 spiro atoms. The molecule has 0 aliphatic heterocycles. The third-order valence-electron chi connectivity index (χ3n) is 3.39. The van der Waals surface area contributed by atoms with Crippen LogP contribution < -0.4 is 10.1 Å². The standard InChI is InChI=1S/C19H20ClNO4/c1-14-6-8-16(9-7-14)24-11-10-19(23)25-13-18(22)21-12-15-4-2-3-5-17(15)20/h2-9H,10-13H2,1H3,(H,21,22). The van der Waals surface area contributed by atoms with Crippen molar-refractivity contribution in [1.82, 2.24) is 5.32 Å². The van der Waals surface area contributed by atoms with E-state index in [-0.39, 0.29) is 32.1 Å². The third-order valence-corrected chi connectivity index (χ3v) is 3.76. The van der Waals surface area contributed by atoms with Crippen molar-refractivity contribution < 1.29 is 19.1 Å². The molecule has 0 aromatic heterocycles. The average Bonchev–Trinajstić information content (AvgIpc) is 2.61. The van der Waals surface area contributed by atoms with Crippen molar-refractivity contribution >= 4 is 23.5 Å². The van der Waals surface area contributed by atoms with Gasteiger partial charge in [-0.3, -0.25) is 9.59 Å². The van der Waals surface area contributed by atoms with Crippen LogP contribution in [0.2, 0.25) is 5.02 Å². The fourth-order valence-electron chi connectivity index (χ4n) is 1.99. The Morgan fingerprint density at radius 1 is 1.08 bits per heavy atom. The number of nitrogens with one attached hydrogen (secondary N) is 1. The van der Waals surface area contributed by atoms with Crippen LogP contribution in [0.3, 0.4) is 0 Å². The summed E-state index contributed by atoms with van der Waals surface area (Å²) in [5.41, 5.74) is 1.94. The van der Waals surface area contributed by atoms with Crippen molar-refractivity contribution in [3.63, 3.8) is 0 Å². The molecule has 1 N–H and O–H groups in total. The minimum absolute atomic E-state index is 0.0751. The lowest BCUT2D eigenvalue weighted by atomic mass is 10.2. The van der Waals surface area contributed by atoms with Gasteiger partial charge in [-0.2, -0.15) is 0 Å². The molecule has 0 radical (unpaired) electrons. The molecule has 2 rings (SSSR count). The second-order valence-electron chi connectivity index (χ2n) is 5.44. The molecule has 0 saturated carbocycles. The molecule has 2 aromatic carbocycles. The molecule has 0 fully saturated rings. The molecule has 6 heteroatoms. The van der Waals surface area contributed by atoms with Crippen molar-refractivity contribution in [3.8, 4) is 5.75 Å². The molecule has 0 aliphatic carbocycles. The predicted octanol–water partition coefficient (Wildman–Crippen LogP) is 3.28. The van der Waals surface area contributed by atoms with E-state index in [1.54, 1.807) is 6.07 Å². The van der Waals surface area contributed by atoms with E-state index >= 15 is 0 Å². The first kappa shape index (κ1) is 18.8. The number of hydrogen-bond acceptors (Lipinski definition) is 4. The van der Waals surface area contributed by atoms with Crippen LogP contribution in [-0.4, -0.2) is 25.1 Å². The summed E-state index contributed by atoms with van der Waals surface area (Å²) in [7, 11) is 0. The number of benzene rings is 2. The summed E-state index contributed by atoms with van der Waals surface area (Å²) in [4.78, 5) is 23.3. The van der Waals surface area contributed by atoms with E-state index in [0.717, 1.165) is 11.1 Å². The molecule has 0 bridgehead atoms. The highest BCUT2D eigenvalue weighted by Gasteiger charge is 2.08. The Morgan fingerprint density at radius 3 is 2.52 bits per heavy atom. The van der Waals surface area contributed by atoms with Gasteiger partial charge in [0.25, 0.3) is 5.91 Å². The highest BCUT2D eigenvalue weighted by Crippen LogP contribution is 2.14. The molecule has 0 unspecified atom stereocenters. The first-order valence-electron chi connectivity index (χ1n) is 7.90. The minimum Gasteiger partial charge on any atom is -0.493 e. The van der Waals surface area contributed by atoms with E-state index in [0.29, 0.717) is 10.8 Å². The van der Waals surface area contributed by atoms with Crippen molar-refractivity contribution in [1.29, 1.82) is 0 Å². The molecule has 1 amide bonds. The van der Waals surface area contributed by atoms with Crippen LogP contribution in [0.1, 0.15) is 17.5 Å². The molecule has 132 valence electrons. The number of aryl methyl sites for hydroxylation is 1. The van der Waals surface area contributed by atoms with E-state index < -0.39 is 5.97 Å². The van der Waals surface area contributed by atoms with Gasteiger partial charge in [0.2, 0.25) is 0 Å². The number of ether oxygens (including phenoxy) is 2. The van der Waals surface area contributed by atoms with Gasteiger partial charge >= 0.3 is 5.97 Å². The van der Waals surface area contributed by atoms with Crippen molar-refractivity contribution in [2.75, 3.05) is 13.2 Å². The fourth-order valence-corrected chi connectivity index (χ4v) is 2.19. The zero-order chi connectivity index (χ0) is 18.1. The number of hydrogen-bond donors (Lipinski definition) is 1. The van der Waals surface area contributed by atoms with Crippen LogP contribution in [0.5, 0.6) is 5.75 Å². The summed E-state index contributed by atoms with van der Waals surface area (Å²) in [5, 5.41) is 3.23. The second-order valence-corrected chi connectivity index (χ2v) is 5.85. The predicted molar refractivity (Wildman–Crippen MR) is 95.5 cm³/mol. The van der Waals surface area contributed by atoms with Crippen LogP contribution in [0, 0.1) is 6.92 Å². The number of amides is 1. The Kier molecular flexibility index (Phi) is 7.29. The molecular formula is C19H20ClNO4. The van der Waals surface area contributed by atoms with Gasteiger partial charge in [0, 0.05) is 11.6 Å². The second kappa shape index (κ2) is 9.69. The van der Waals surface area contributed by atoms with E-state index in [9.17, 15) is 9.59 Å². The van der Waals surface area contributed by atoms with Gasteiger partial charge in [-0.05, 0) is 30.7 Å². The Hall–Kier alpha value is -2.53. The normalized spacial score (nSPS) is 10.2. The van der Waals surface area contributed by atoms with Crippen molar-refractivity contribution in [3.05, 3.63) is 64.7 Å². The number of carbonyl (C=O) groups is 2. The number of carbonyl (C=O) groups excluding carboxylic acids is 2. The molecule has 0 aliphatic rings. The number of esters is 1. The Balaban J connectivity index is 1.61. The smallest absolute Gasteiger partial charge is 0.309 e. The number of rotatable bonds is 8. The van der Waals surface area contributed by atoms with E-state index in [1.807, 2.05) is 49.4 Å². The zero-order valence-electron chi connectivity index (χ0n) is 14.0. The summed E-state index contributed by atoms with van der Waals surface area (Å²) in [6.45, 7) is 2.14. The van der Waals surface area contributed by atoms with Crippen LogP contribution in [-0.2, 0) is 20.9 Å². The van der Waals surface area contributed by atoms with E-state index in [4.69, 9.17) is 21.1 Å². The summed E-state index contributed by atoms with van der Waals surface area (Å²) >= 11 is 6.00. The Morgan fingerprint density at radius 2 is 1.80 bits per heavy atom. The lowest BCUT2D eigenvalue weighted by Gasteiger charge is -2.08. The largest absolute Gasteiger partial charge is 0.493 e. The molecule has 5 nitrogen and oxygen atoms in total. The maximum absolute atomic E-state index is 11.7. The maximum Gasteiger partial charge on any atom is 0.309 e. The molecular weight excluding hydrogens is 342 g/mol. The van der Waals surface area contributed by atoms with Gasteiger partial charge in [0.15, 0.2) is 6.61 Å². The van der Waals surface area contributed by atoms with Crippen LogP contribution in [0.4, 0.5) is 0 Å². The SMILES string of the molecule is Cc1ccc(OCCC(=O)OCC(=O)NCc2ccccc2Cl)cc1. The highest BCUT2D eigenvalue weighted by molar-refractivity contribution is 6.31. The van der Waals surface area contributed by atoms with Crippen molar-refractivity contribution in [2.45, 2.75) is 19.9 Å². The van der Waals surface area contributed by atoms with Crippen LogP contribution in [0.15, 0.2) is 48.5 Å². The monoisotopic (exact) mass is 361 g/mol. The third kappa shape index (κ3) is 6.85. The van der Waals surface area contributed by atoms with Crippen LogP contribution in [0.25, 0.3) is 0 Å². The summed E-state index contributed by atoms with van der Waals surface area (Å²) in [6, 6.07) is 14.7. The van der Waals surface area contributed by atoms with Gasteiger partial charge in [-0.25, -0.2) is 0 Å². The topological polar surface area (TPSA) is 64.6 Å². The quantitative estimate of drug-likeness (QED) is 0.733. The minimum atomic E-state index is -0.486. The van der Waals surface area contributed by atoms with E-state index in [2.05, 4.69) is 5.32 Å². The molecule has 0 heterocycles. The molecule has 25 heavy (non-hydrogen) atoms. The Bertz CT molecular complexity index is 716. The zero-order valence-corrected chi connectivity index (χ0v) is 14.7. The highest BCUT2D eigenvalue weighted by atomic mass is 35.5. The summed E-state index contributed by atoms with van der Waals surface area (Å²) < 4.78 is 10.4. The van der Waals surface area contributed by atoms with Gasteiger partial charge < -0.3 is 14.8 Å². The Labute approximate surface area is 151 Å². The van der Waals surface area contributed by atoms with Gasteiger partial charge in [-0.1, -0.05) is 47.5 Å². The summed E-state index contributed by atoms with van der Waals surface area (Å²) in [6.07, 6.45) is 0.0751. The van der Waals surface area contributed by atoms with E-state index in [1.165, 1.54) is 0 Å². The molecule has 0 atom stereocenters. The van der Waals surface area contributed by atoms with Gasteiger partial charge in [0.1, 0.15) is 5.75 Å². The first-order valence-corrected chi connectivity index (χ1v) is 8.27. The van der Waals surface area contributed by atoms with Crippen LogP contribution >= 0.6 is 11.6 Å². The maximum atomic E-state index is 11.7. The average molecular weight is 362 g/mol. The molecule has 2 aromatic rings.